The van der Waals surface area contributed by atoms with Crippen LogP contribution >= 0.6 is 0 Å². The van der Waals surface area contributed by atoms with E-state index in [0.29, 0.717) is 5.56 Å². The normalized spacial score (nSPS) is 12.6. The SMILES string of the molecule is CC(C)(C)OC(=O)NC(C(N)=O)c1ccc(F)cc1. The van der Waals surface area contributed by atoms with Gasteiger partial charge < -0.3 is 15.8 Å². The maximum atomic E-state index is 12.8. The molecular formula is C13H17FN2O3. The van der Waals surface area contributed by atoms with Gasteiger partial charge in [0.2, 0.25) is 5.91 Å². The zero-order chi connectivity index (χ0) is 14.6. The predicted molar refractivity (Wildman–Crippen MR) is 67.7 cm³/mol. The molecule has 0 aliphatic rings. The lowest BCUT2D eigenvalue weighted by Crippen LogP contribution is -2.40. The van der Waals surface area contributed by atoms with Crippen LogP contribution in [0.1, 0.15) is 32.4 Å². The number of amides is 2. The fourth-order valence-corrected chi connectivity index (χ4v) is 1.40. The standard InChI is InChI=1S/C13H17FN2O3/c1-13(2,3)19-12(18)16-10(11(15)17)8-4-6-9(14)7-5-8/h4-7,10H,1-3H3,(H2,15,17)(H,16,18). The van der Waals surface area contributed by atoms with Crippen molar-refractivity contribution in [3.8, 4) is 0 Å². The molecule has 3 N–H and O–H groups in total. The van der Waals surface area contributed by atoms with Gasteiger partial charge in [-0.3, -0.25) is 4.79 Å². The number of nitrogens with one attached hydrogen (secondary N) is 1. The Hall–Kier alpha value is -2.11. The highest BCUT2D eigenvalue weighted by Gasteiger charge is 2.23. The van der Waals surface area contributed by atoms with Gasteiger partial charge >= 0.3 is 6.09 Å². The molecule has 0 saturated carbocycles. The number of hydrogen-bond donors (Lipinski definition) is 2. The van der Waals surface area contributed by atoms with Crippen LogP contribution in [0.15, 0.2) is 24.3 Å². The summed E-state index contributed by atoms with van der Waals surface area (Å²) >= 11 is 0. The highest BCUT2D eigenvalue weighted by molar-refractivity contribution is 5.85. The van der Waals surface area contributed by atoms with Crippen molar-refractivity contribution < 1.29 is 18.7 Å². The van der Waals surface area contributed by atoms with E-state index in [9.17, 15) is 14.0 Å². The molecule has 0 saturated heterocycles. The van der Waals surface area contributed by atoms with Gasteiger partial charge in [-0.15, -0.1) is 0 Å². The summed E-state index contributed by atoms with van der Waals surface area (Å²) in [7, 11) is 0. The number of rotatable bonds is 3. The Morgan fingerprint density at radius 1 is 1.26 bits per heavy atom. The summed E-state index contributed by atoms with van der Waals surface area (Å²) in [5.41, 5.74) is 4.92. The van der Waals surface area contributed by atoms with Crippen LogP contribution < -0.4 is 11.1 Å². The summed E-state index contributed by atoms with van der Waals surface area (Å²) in [6.45, 7) is 5.09. The lowest BCUT2D eigenvalue weighted by Gasteiger charge is -2.22. The van der Waals surface area contributed by atoms with Crippen LogP contribution in [0.25, 0.3) is 0 Å². The number of halogens is 1. The molecule has 1 unspecified atom stereocenters. The van der Waals surface area contributed by atoms with Crippen LogP contribution in [-0.2, 0) is 9.53 Å². The second-order valence-electron chi connectivity index (χ2n) is 5.03. The monoisotopic (exact) mass is 268 g/mol. The third-order valence-corrected chi connectivity index (χ3v) is 2.15. The van der Waals surface area contributed by atoms with Gasteiger partial charge in [0.1, 0.15) is 17.5 Å². The number of nitrogens with two attached hydrogens (primary N) is 1. The molecule has 2 amide bonds. The van der Waals surface area contributed by atoms with Crippen molar-refractivity contribution in [1.29, 1.82) is 0 Å². The van der Waals surface area contributed by atoms with Gasteiger partial charge in [0.25, 0.3) is 0 Å². The molecule has 1 rings (SSSR count). The Balaban J connectivity index is 2.82. The van der Waals surface area contributed by atoms with Gasteiger partial charge in [0.15, 0.2) is 0 Å². The zero-order valence-electron chi connectivity index (χ0n) is 11.1. The summed E-state index contributed by atoms with van der Waals surface area (Å²) in [6, 6.07) is 4.06. The first-order chi connectivity index (χ1) is 8.69. The van der Waals surface area contributed by atoms with Gasteiger partial charge in [-0.1, -0.05) is 12.1 Å². The van der Waals surface area contributed by atoms with Crippen LogP contribution in [0.2, 0.25) is 0 Å². The number of benzene rings is 1. The average Bonchev–Trinajstić information content (AvgIpc) is 2.24. The van der Waals surface area contributed by atoms with E-state index in [1.54, 1.807) is 20.8 Å². The molecule has 0 fully saturated rings. The number of alkyl carbamates (subject to hydrolysis) is 1. The Morgan fingerprint density at radius 3 is 2.21 bits per heavy atom. The lowest BCUT2D eigenvalue weighted by molar-refractivity contribution is -0.120. The molecule has 1 aromatic carbocycles. The topological polar surface area (TPSA) is 81.4 Å². The summed E-state index contributed by atoms with van der Waals surface area (Å²) < 4.78 is 17.8. The number of ether oxygens (including phenoxy) is 1. The molecule has 0 bridgehead atoms. The highest BCUT2D eigenvalue weighted by atomic mass is 19.1. The molecule has 0 spiro atoms. The third-order valence-electron chi connectivity index (χ3n) is 2.15. The average molecular weight is 268 g/mol. The largest absolute Gasteiger partial charge is 0.444 e. The second-order valence-corrected chi connectivity index (χ2v) is 5.03. The van der Waals surface area contributed by atoms with E-state index < -0.39 is 29.5 Å². The minimum atomic E-state index is -1.06. The maximum absolute atomic E-state index is 12.8. The molecule has 0 aliphatic heterocycles. The maximum Gasteiger partial charge on any atom is 0.408 e. The van der Waals surface area contributed by atoms with Crippen molar-refractivity contribution in [3.63, 3.8) is 0 Å². The van der Waals surface area contributed by atoms with E-state index in [-0.39, 0.29) is 0 Å². The van der Waals surface area contributed by atoms with Gasteiger partial charge in [-0.05, 0) is 38.5 Å². The van der Waals surface area contributed by atoms with Gasteiger partial charge in [-0.2, -0.15) is 0 Å². The van der Waals surface area contributed by atoms with Crippen LogP contribution in [0, 0.1) is 5.82 Å². The zero-order valence-corrected chi connectivity index (χ0v) is 11.1. The molecule has 0 radical (unpaired) electrons. The van der Waals surface area contributed by atoms with Crippen LogP contribution in [0.3, 0.4) is 0 Å². The van der Waals surface area contributed by atoms with Crippen LogP contribution in [-0.4, -0.2) is 17.6 Å². The molecule has 0 aromatic heterocycles. The van der Waals surface area contributed by atoms with Crippen molar-refractivity contribution in [2.24, 2.45) is 5.73 Å². The van der Waals surface area contributed by atoms with E-state index in [4.69, 9.17) is 10.5 Å². The first kappa shape index (κ1) is 14.9. The van der Waals surface area contributed by atoms with Gasteiger partial charge in [0.05, 0.1) is 0 Å². The van der Waals surface area contributed by atoms with Crippen LogP contribution in [0.4, 0.5) is 9.18 Å². The van der Waals surface area contributed by atoms with Crippen molar-refractivity contribution >= 4 is 12.0 Å². The Morgan fingerprint density at radius 2 is 1.79 bits per heavy atom. The van der Waals surface area contributed by atoms with E-state index in [0.717, 1.165) is 0 Å². The third kappa shape index (κ3) is 4.95. The fourth-order valence-electron chi connectivity index (χ4n) is 1.40. The molecule has 19 heavy (non-hydrogen) atoms. The van der Waals surface area contributed by atoms with Crippen molar-refractivity contribution in [2.75, 3.05) is 0 Å². The second kappa shape index (κ2) is 5.69. The summed E-state index contributed by atoms with van der Waals surface area (Å²) in [5.74, 6) is -1.19. The predicted octanol–water partition coefficient (Wildman–Crippen LogP) is 1.88. The van der Waals surface area contributed by atoms with Gasteiger partial charge in [0, 0.05) is 0 Å². The number of primary amides is 1. The number of hydrogen-bond acceptors (Lipinski definition) is 3. The Bertz CT molecular complexity index is 466. The summed E-state index contributed by atoms with van der Waals surface area (Å²) in [6.07, 6.45) is -0.763. The molecular weight excluding hydrogens is 251 g/mol. The van der Waals surface area contributed by atoms with Crippen molar-refractivity contribution in [2.45, 2.75) is 32.4 Å². The molecule has 0 aliphatic carbocycles. The van der Waals surface area contributed by atoms with Gasteiger partial charge in [-0.25, -0.2) is 9.18 Å². The number of carbonyl (C=O) groups is 2. The molecule has 1 aromatic rings. The van der Waals surface area contributed by atoms with E-state index in [1.807, 2.05) is 0 Å². The minimum Gasteiger partial charge on any atom is -0.444 e. The quantitative estimate of drug-likeness (QED) is 0.878. The van der Waals surface area contributed by atoms with E-state index >= 15 is 0 Å². The highest BCUT2D eigenvalue weighted by Crippen LogP contribution is 2.15. The summed E-state index contributed by atoms with van der Waals surface area (Å²) in [5, 5.41) is 2.35. The summed E-state index contributed by atoms with van der Waals surface area (Å²) in [4.78, 5) is 22.9. The fraction of sp³-hybridized carbons (Fsp3) is 0.385. The first-order valence-electron chi connectivity index (χ1n) is 5.73. The van der Waals surface area contributed by atoms with Crippen molar-refractivity contribution in [1.82, 2.24) is 5.32 Å². The lowest BCUT2D eigenvalue weighted by atomic mass is 10.1. The minimum absolute atomic E-state index is 0.389. The molecule has 5 nitrogen and oxygen atoms in total. The Kier molecular flexibility index (Phi) is 4.47. The molecule has 0 heterocycles. The number of carbonyl (C=O) groups excluding carboxylic acids is 2. The van der Waals surface area contributed by atoms with E-state index in [2.05, 4.69) is 5.32 Å². The molecule has 104 valence electrons. The van der Waals surface area contributed by atoms with E-state index in [1.165, 1.54) is 24.3 Å². The van der Waals surface area contributed by atoms with Crippen LogP contribution in [0.5, 0.6) is 0 Å². The first-order valence-corrected chi connectivity index (χ1v) is 5.73. The molecule has 1 atom stereocenters. The Labute approximate surface area is 110 Å². The smallest absolute Gasteiger partial charge is 0.408 e. The van der Waals surface area contributed by atoms with Crippen molar-refractivity contribution in [3.05, 3.63) is 35.6 Å². The molecule has 6 heteroatoms.